The average molecular weight is 421 g/mol. The van der Waals surface area contributed by atoms with Gasteiger partial charge in [-0.05, 0) is 24.6 Å². The van der Waals surface area contributed by atoms with E-state index in [0.717, 1.165) is 37.3 Å². The van der Waals surface area contributed by atoms with Gasteiger partial charge in [0.15, 0.2) is 5.13 Å². The molecule has 154 valence electrons. The topological polar surface area (TPSA) is 74.3 Å². The summed E-state index contributed by atoms with van der Waals surface area (Å²) in [6, 6.07) is 17.7. The quantitative estimate of drug-likeness (QED) is 0.641. The summed E-state index contributed by atoms with van der Waals surface area (Å²) in [6.45, 7) is 4.53. The van der Waals surface area contributed by atoms with Gasteiger partial charge in [-0.3, -0.25) is 14.5 Å². The van der Waals surface area contributed by atoms with E-state index in [0.29, 0.717) is 10.7 Å². The molecule has 0 saturated heterocycles. The number of hydrogen-bond acceptors (Lipinski definition) is 5. The Hall–Kier alpha value is -3.03. The number of hydrogen-bond donors (Lipinski definition) is 2. The van der Waals surface area contributed by atoms with Crippen molar-refractivity contribution in [3.63, 3.8) is 0 Å². The molecule has 0 aliphatic carbocycles. The highest BCUT2D eigenvalue weighted by Gasteiger charge is 2.21. The number of rotatable bonds is 6. The third-order valence-corrected chi connectivity index (χ3v) is 5.99. The zero-order valence-corrected chi connectivity index (χ0v) is 17.7. The van der Waals surface area contributed by atoms with Gasteiger partial charge < -0.3 is 10.6 Å². The molecule has 0 atom stereocenters. The number of nitrogens with zero attached hydrogens (tertiary/aromatic N) is 2. The summed E-state index contributed by atoms with van der Waals surface area (Å²) < 4.78 is 0. The Morgan fingerprint density at radius 2 is 1.97 bits per heavy atom. The lowest BCUT2D eigenvalue weighted by atomic mass is 10.1. The van der Waals surface area contributed by atoms with Crippen molar-refractivity contribution in [3.8, 4) is 0 Å². The zero-order chi connectivity index (χ0) is 20.9. The Kier molecular flexibility index (Phi) is 6.21. The van der Waals surface area contributed by atoms with Gasteiger partial charge in [0.25, 0.3) is 5.91 Å². The number of benzene rings is 2. The molecule has 0 spiro atoms. The second-order valence-corrected chi connectivity index (χ2v) is 8.52. The molecule has 2 amide bonds. The highest BCUT2D eigenvalue weighted by molar-refractivity contribution is 7.15. The summed E-state index contributed by atoms with van der Waals surface area (Å²) in [5.74, 6) is -0.535. The van der Waals surface area contributed by atoms with Crippen LogP contribution in [0.4, 0.5) is 5.13 Å². The maximum atomic E-state index is 12.3. The molecule has 0 unspecified atom stereocenters. The van der Waals surface area contributed by atoms with Crippen LogP contribution in [0.15, 0.2) is 54.6 Å². The first kappa shape index (κ1) is 20.3. The van der Waals surface area contributed by atoms with Crippen LogP contribution in [0.5, 0.6) is 0 Å². The molecule has 0 fully saturated rings. The molecule has 2 N–H and O–H groups in total. The van der Waals surface area contributed by atoms with E-state index in [-0.39, 0.29) is 18.4 Å². The average Bonchev–Trinajstić information content (AvgIpc) is 3.14. The van der Waals surface area contributed by atoms with Crippen LogP contribution >= 0.6 is 11.3 Å². The minimum atomic E-state index is -0.275. The number of aromatic nitrogens is 1. The van der Waals surface area contributed by atoms with Gasteiger partial charge in [0.05, 0.1) is 12.2 Å². The highest BCUT2D eigenvalue weighted by Crippen LogP contribution is 2.29. The lowest BCUT2D eigenvalue weighted by Gasteiger charge is -2.25. The number of aryl methyl sites for hydroxylation is 1. The summed E-state index contributed by atoms with van der Waals surface area (Å²) >= 11 is 1.51. The van der Waals surface area contributed by atoms with Gasteiger partial charge in [0.2, 0.25) is 5.91 Å². The van der Waals surface area contributed by atoms with E-state index in [1.165, 1.54) is 21.8 Å². The molecule has 6 nitrogen and oxygen atoms in total. The van der Waals surface area contributed by atoms with Crippen LogP contribution in [0, 0.1) is 6.92 Å². The van der Waals surface area contributed by atoms with Gasteiger partial charge in [-0.15, -0.1) is 11.3 Å². The predicted molar refractivity (Wildman–Crippen MR) is 119 cm³/mol. The fourth-order valence-electron chi connectivity index (χ4n) is 3.49. The molecule has 0 saturated carbocycles. The van der Waals surface area contributed by atoms with Gasteiger partial charge >= 0.3 is 0 Å². The van der Waals surface area contributed by atoms with E-state index in [1.54, 1.807) is 12.1 Å². The number of fused-ring (bicyclic) bond motifs is 1. The van der Waals surface area contributed by atoms with E-state index in [1.807, 2.05) is 25.1 Å². The number of carbonyl (C=O) groups is 2. The van der Waals surface area contributed by atoms with Gasteiger partial charge in [-0.25, -0.2) is 4.98 Å². The Labute approximate surface area is 180 Å². The summed E-state index contributed by atoms with van der Waals surface area (Å²) in [6.07, 6.45) is 0.874. The largest absolute Gasteiger partial charge is 0.343 e. The van der Waals surface area contributed by atoms with Crippen LogP contribution in [-0.2, 0) is 24.3 Å². The van der Waals surface area contributed by atoms with Crippen molar-refractivity contribution in [1.29, 1.82) is 0 Å². The van der Waals surface area contributed by atoms with Crippen molar-refractivity contribution in [2.45, 2.75) is 26.4 Å². The van der Waals surface area contributed by atoms with E-state index in [2.05, 4.69) is 44.8 Å². The molecule has 2 heterocycles. The fraction of sp³-hybridized carbons (Fsp3) is 0.261. The molecule has 30 heavy (non-hydrogen) atoms. The summed E-state index contributed by atoms with van der Waals surface area (Å²) in [4.78, 5) is 32.6. The predicted octanol–water partition coefficient (Wildman–Crippen LogP) is 3.38. The Morgan fingerprint density at radius 1 is 1.13 bits per heavy atom. The number of anilines is 1. The lowest BCUT2D eigenvalue weighted by Crippen LogP contribution is -2.32. The zero-order valence-electron chi connectivity index (χ0n) is 16.9. The van der Waals surface area contributed by atoms with Crippen molar-refractivity contribution in [2.75, 3.05) is 18.4 Å². The second kappa shape index (κ2) is 9.19. The summed E-state index contributed by atoms with van der Waals surface area (Å²) in [5.41, 5.74) is 3.90. The molecule has 2 aromatic carbocycles. The lowest BCUT2D eigenvalue weighted by molar-refractivity contribution is -0.115. The molecule has 1 aromatic heterocycles. The summed E-state index contributed by atoms with van der Waals surface area (Å²) in [5, 5.41) is 6.07. The van der Waals surface area contributed by atoms with Crippen molar-refractivity contribution in [1.82, 2.24) is 15.2 Å². The Bertz CT molecular complexity index is 1050. The van der Waals surface area contributed by atoms with Crippen LogP contribution < -0.4 is 10.6 Å². The van der Waals surface area contributed by atoms with E-state index in [4.69, 9.17) is 0 Å². The van der Waals surface area contributed by atoms with Gasteiger partial charge in [0, 0.05) is 36.5 Å². The molecular weight excluding hydrogens is 396 g/mol. The molecule has 3 aromatic rings. The van der Waals surface area contributed by atoms with E-state index < -0.39 is 0 Å². The SMILES string of the molecule is Cc1cccc(C(=O)NCC(=O)Nc2nc3c(s2)CN(Cc2ccccc2)CC3)c1. The second-order valence-electron chi connectivity index (χ2n) is 7.44. The maximum absolute atomic E-state index is 12.3. The Balaban J connectivity index is 1.30. The van der Waals surface area contributed by atoms with Crippen molar-refractivity contribution in [3.05, 3.63) is 81.9 Å². The molecule has 7 heteroatoms. The van der Waals surface area contributed by atoms with Gasteiger partial charge in [-0.2, -0.15) is 0 Å². The standard InChI is InChI=1S/C23H24N4O2S/c1-16-6-5-9-18(12-16)22(29)24-13-21(28)26-23-25-19-10-11-27(15-20(19)30-23)14-17-7-3-2-4-8-17/h2-9,12H,10-11,13-15H2,1H3,(H,24,29)(H,25,26,28). The minimum Gasteiger partial charge on any atom is -0.343 e. The molecule has 0 radical (unpaired) electrons. The number of nitrogens with one attached hydrogen (secondary N) is 2. The molecule has 1 aliphatic heterocycles. The van der Waals surface area contributed by atoms with E-state index >= 15 is 0 Å². The Morgan fingerprint density at radius 3 is 2.77 bits per heavy atom. The molecule has 1 aliphatic rings. The van der Waals surface area contributed by atoms with Crippen LogP contribution in [0.25, 0.3) is 0 Å². The van der Waals surface area contributed by atoms with Crippen LogP contribution in [0.1, 0.15) is 32.1 Å². The smallest absolute Gasteiger partial charge is 0.251 e. The monoisotopic (exact) mass is 420 g/mol. The summed E-state index contributed by atoms with van der Waals surface area (Å²) in [7, 11) is 0. The first-order chi connectivity index (χ1) is 14.6. The van der Waals surface area contributed by atoms with Crippen molar-refractivity contribution < 1.29 is 9.59 Å². The third kappa shape index (κ3) is 5.11. The first-order valence-electron chi connectivity index (χ1n) is 9.96. The van der Waals surface area contributed by atoms with Gasteiger partial charge in [0.1, 0.15) is 0 Å². The maximum Gasteiger partial charge on any atom is 0.251 e. The number of carbonyl (C=O) groups excluding carboxylic acids is 2. The molecular formula is C23H24N4O2S. The number of thiazole rings is 1. The van der Waals surface area contributed by atoms with E-state index in [9.17, 15) is 9.59 Å². The fourth-order valence-corrected chi connectivity index (χ4v) is 4.56. The molecule has 4 rings (SSSR count). The van der Waals surface area contributed by atoms with Crippen LogP contribution in [0.2, 0.25) is 0 Å². The van der Waals surface area contributed by atoms with Crippen molar-refractivity contribution >= 4 is 28.3 Å². The van der Waals surface area contributed by atoms with Crippen LogP contribution in [0.3, 0.4) is 0 Å². The van der Waals surface area contributed by atoms with Gasteiger partial charge in [-0.1, -0.05) is 48.0 Å². The van der Waals surface area contributed by atoms with Crippen molar-refractivity contribution in [2.24, 2.45) is 0 Å². The minimum absolute atomic E-state index is 0.0862. The first-order valence-corrected chi connectivity index (χ1v) is 10.8. The molecule has 0 bridgehead atoms. The number of amides is 2. The van der Waals surface area contributed by atoms with Crippen LogP contribution in [-0.4, -0.2) is 34.8 Å². The highest BCUT2D eigenvalue weighted by atomic mass is 32.1. The third-order valence-electron chi connectivity index (χ3n) is 5.00. The normalized spacial score (nSPS) is 13.5.